The zero-order valence-electron chi connectivity index (χ0n) is 33.7. The molecule has 0 radical (unpaired) electrons. The average Bonchev–Trinajstić information content (AvgIpc) is 3.67. The first-order valence-corrected chi connectivity index (χ1v) is 20.2. The second-order valence-electron chi connectivity index (χ2n) is 15.6. The molecule has 332 valence electrons. The van der Waals surface area contributed by atoms with Crippen LogP contribution in [0, 0.1) is 11.8 Å². The van der Waals surface area contributed by atoms with Gasteiger partial charge in [-0.3, -0.25) is 58.0 Å². The lowest BCUT2D eigenvalue weighted by Crippen LogP contribution is -2.53. The molecule has 0 bridgehead atoms. The lowest BCUT2D eigenvalue weighted by molar-refractivity contribution is -0.145. The summed E-state index contributed by atoms with van der Waals surface area (Å²) in [5.74, 6) is -7.11. The van der Waals surface area contributed by atoms with Gasteiger partial charge < -0.3 is 51.3 Å². The van der Waals surface area contributed by atoms with Crippen LogP contribution in [0.4, 0.5) is 0 Å². The Bertz CT molecular complexity index is 1440. The molecule has 23 heteroatoms. The number of hydrogen-bond acceptors (Lipinski definition) is 14. The monoisotopic (exact) mass is 840 g/mol. The van der Waals surface area contributed by atoms with Gasteiger partial charge in [-0.2, -0.15) is 0 Å². The van der Waals surface area contributed by atoms with E-state index in [0.717, 1.165) is 0 Å². The van der Waals surface area contributed by atoms with Gasteiger partial charge in [-0.1, -0.05) is 0 Å². The molecule has 3 aliphatic rings. The number of nitrogens with zero attached hydrogens (tertiary/aromatic N) is 5. The molecule has 3 atom stereocenters. The van der Waals surface area contributed by atoms with E-state index >= 15 is 0 Å². The molecule has 4 amide bonds. The number of aliphatic carboxylic acids is 4. The molecule has 9 N–H and O–H groups in total. The molecule has 3 rings (SSSR count). The number of carboxylic acid groups (broad SMARTS) is 4. The average molecular weight is 841 g/mol. The summed E-state index contributed by atoms with van der Waals surface area (Å²) in [6, 6.07) is -2.01. The molecule has 59 heavy (non-hydrogen) atoms. The van der Waals surface area contributed by atoms with Crippen LogP contribution in [-0.2, 0) is 38.4 Å². The molecule has 0 aromatic heterocycles. The maximum absolute atomic E-state index is 12.9. The lowest BCUT2D eigenvalue weighted by Gasteiger charge is -2.35. The molecule has 1 saturated carbocycles. The molecule has 0 spiro atoms. The molecule has 1 aliphatic carbocycles. The number of carbonyl (C=O) groups is 8. The Morgan fingerprint density at radius 1 is 0.661 bits per heavy atom. The summed E-state index contributed by atoms with van der Waals surface area (Å²) < 4.78 is 0. The molecule has 22 nitrogen and oxygen atoms in total. The van der Waals surface area contributed by atoms with Crippen LogP contribution in [0.25, 0.3) is 0 Å². The van der Waals surface area contributed by atoms with E-state index in [1.165, 1.54) is 4.90 Å². The molecule has 2 saturated heterocycles. The number of hydrogen-bond donors (Lipinski definition) is 9. The third kappa shape index (κ3) is 17.4. The van der Waals surface area contributed by atoms with Crippen molar-refractivity contribution in [2.45, 2.75) is 76.3 Å². The van der Waals surface area contributed by atoms with Crippen LogP contribution in [0.15, 0.2) is 0 Å². The molecule has 0 aromatic rings. The van der Waals surface area contributed by atoms with Crippen molar-refractivity contribution in [2.24, 2.45) is 11.8 Å². The van der Waals surface area contributed by atoms with Crippen molar-refractivity contribution in [1.29, 1.82) is 0 Å². The van der Waals surface area contributed by atoms with Gasteiger partial charge in [0.1, 0.15) is 12.1 Å². The van der Waals surface area contributed by atoms with Crippen LogP contribution in [0.5, 0.6) is 0 Å². The van der Waals surface area contributed by atoms with Gasteiger partial charge in [-0.05, 0) is 57.8 Å². The van der Waals surface area contributed by atoms with E-state index in [9.17, 15) is 68.8 Å². The summed E-state index contributed by atoms with van der Waals surface area (Å²) in [6.07, 6.45) is 3.12. The normalized spacial score (nSPS) is 22.8. The number of likely N-dealkylation sites (tertiary alicyclic amines) is 1. The Balaban J connectivity index is 1.46. The lowest BCUT2D eigenvalue weighted by atomic mass is 9.77. The largest absolute Gasteiger partial charge is 0.480 e. The zero-order valence-corrected chi connectivity index (χ0v) is 33.7. The maximum atomic E-state index is 12.9. The molecule has 0 aromatic carbocycles. The number of rotatable bonds is 19. The minimum atomic E-state index is -1.65. The van der Waals surface area contributed by atoms with Gasteiger partial charge in [-0.15, -0.1) is 0 Å². The van der Waals surface area contributed by atoms with Crippen molar-refractivity contribution in [3.8, 4) is 0 Å². The quantitative estimate of drug-likeness (QED) is 0.0564. The van der Waals surface area contributed by atoms with Crippen molar-refractivity contribution in [2.75, 3.05) is 91.6 Å². The van der Waals surface area contributed by atoms with E-state index in [2.05, 4.69) is 16.0 Å². The van der Waals surface area contributed by atoms with E-state index in [0.29, 0.717) is 51.6 Å². The van der Waals surface area contributed by atoms with Crippen molar-refractivity contribution >= 4 is 54.6 Å². The summed E-state index contributed by atoms with van der Waals surface area (Å²) >= 11 is 0. The van der Waals surface area contributed by atoms with Crippen LogP contribution in [0.1, 0.15) is 58.3 Å². The van der Waals surface area contributed by atoms with Crippen LogP contribution in [-0.4, -0.2) is 219 Å². The Labute approximate surface area is 343 Å². The SMILES string of the molecule is C[C@@H](NC(=O)C1CCC(CNC(=O)CNC(=O)CC[C@H](C(=O)O)N2CCN(CC(=O)O)CCN(CC(=O)O)CCN(CC(=O)O)CC2)CC1)C(=O)N1CCC[C@H]1B(O)O. The van der Waals surface area contributed by atoms with E-state index in [1.54, 1.807) is 26.5 Å². The third-order valence-corrected chi connectivity index (χ3v) is 11.2. The summed E-state index contributed by atoms with van der Waals surface area (Å²) in [5.41, 5.74) is 0. The Hall–Kier alpha value is -4.42. The van der Waals surface area contributed by atoms with Crippen molar-refractivity contribution < 1.29 is 68.8 Å². The Morgan fingerprint density at radius 2 is 1.17 bits per heavy atom. The van der Waals surface area contributed by atoms with Crippen LogP contribution in [0.3, 0.4) is 0 Å². The number of carboxylic acids is 4. The van der Waals surface area contributed by atoms with Gasteiger partial charge in [-0.25, -0.2) is 0 Å². The zero-order chi connectivity index (χ0) is 43.6. The molecule has 0 unspecified atom stereocenters. The molecule has 2 aliphatic heterocycles. The van der Waals surface area contributed by atoms with Gasteiger partial charge in [0.2, 0.25) is 23.6 Å². The molecule has 3 fully saturated rings. The van der Waals surface area contributed by atoms with Gasteiger partial charge >= 0.3 is 31.0 Å². The van der Waals surface area contributed by atoms with E-state index in [4.69, 9.17) is 0 Å². The topological polar surface area (TPSA) is 310 Å². The Kier molecular flexibility index (Phi) is 20.4. The number of carbonyl (C=O) groups excluding carboxylic acids is 4. The first kappa shape index (κ1) is 49.0. The standard InChI is InChI=1S/C36H61BN8O14/c1-24(35(55)45-10-2-3-28(45)37(58)59)40-34(54)26-6-4-25(5-7-26)19-38-30(47)20-39-29(46)9-8-27(36(56)57)44-17-15-42(22-32(50)51)13-11-41(21-31(48)49)12-14-43(16-18-44)23-33(52)53/h24-28,58-59H,2-23H2,1H3,(H,38,47)(H,39,46)(H,40,54)(H,48,49)(H,50,51)(H,52,53)(H,56,57)/t24-,25?,26?,27-,28+/m1/s1. The Morgan fingerprint density at radius 3 is 1.64 bits per heavy atom. The predicted octanol–water partition coefficient (Wildman–Crippen LogP) is -3.76. The summed E-state index contributed by atoms with van der Waals surface area (Å²) in [7, 11) is -1.65. The molecular formula is C36H61BN8O14. The van der Waals surface area contributed by atoms with Crippen LogP contribution in [0.2, 0.25) is 0 Å². The van der Waals surface area contributed by atoms with Gasteiger partial charge in [0.25, 0.3) is 0 Å². The minimum absolute atomic E-state index is 0.0653. The van der Waals surface area contributed by atoms with E-state index in [1.807, 2.05) is 0 Å². The highest BCUT2D eigenvalue weighted by Gasteiger charge is 2.39. The van der Waals surface area contributed by atoms with Gasteiger partial charge in [0.05, 0.1) is 32.1 Å². The highest BCUT2D eigenvalue weighted by molar-refractivity contribution is 6.43. The third-order valence-electron chi connectivity index (χ3n) is 11.2. The van der Waals surface area contributed by atoms with Crippen molar-refractivity contribution in [3.05, 3.63) is 0 Å². The summed E-state index contributed by atoms with van der Waals surface area (Å²) in [6.45, 7) is 1.91. The van der Waals surface area contributed by atoms with Crippen LogP contribution >= 0.6 is 0 Å². The predicted molar refractivity (Wildman–Crippen MR) is 208 cm³/mol. The van der Waals surface area contributed by atoms with Crippen molar-refractivity contribution in [1.82, 2.24) is 40.4 Å². The number of nitrogens with one attached hydrogen (secondary N) is 3. The fourth-order valence-electron chi connectivity index (χ4n) is 7.88. The minimum Gasteiger partial charge on any atom is -0.480 e. The number of amides is 4. The molecular weight excluding hydrogens is 779 g/mol. The maximum Gasteiger partial charge on any atom is 0.475 e. The van der Waals surface area contributed by atoms with Gasteiger partial charge in [0, 0.05) is 77.8 Å². The molecule has 2 heterocycles. The van der Waals surface area contributed by atoms with Crippen LogP contribution < -0.4 is 16.0 Å². The van der Waals surface area contributed by atoms with E-state index < -0.39 is 60.8 Å². The fraction of sp³-hybridized carbons (Fsp3) is 0.778. The smallest absolute Gasteiger partial charge is 0.475 e. The highest BCUT2D eigenvalue weighted by Crippen LogP contribution is 2.29. The highest BCUT2D eigenvalue weighted by atomic mass is 16.4. The first-order valence-electron chi connectivity index (χ1n) is 20.2. The summed E-state index contributed by atoms with van der Waals surface area (Å²) in [4.78, 5) is 106. The van der Waals surface area contributed by atoms with E-state index in [-0.39, 0.29) is 115 Å². The fourth-order valence-corrected chi connectivity index (χ4v) is 7.88. The summed E-state index contributed by atoms with van der Waals surface area (Å²) in [5, 5.41) is 65.7. The second kappa shape index (κ2) is 24.6. The first-order chi connectivity index (χ1) is 27.9. The van der Waals surface area contributed by atoms with Crippen molar-refractivity contribution in [3.63, 3.8) is 0 Å². The van der Waals surface area contributed by atoms with Gasteiger partial charge in [0.15, 0.2) is 0 Å². The second-order valence-corrected chi connectivity index (χ2v) is 15.6.